The molecule has 2 aliphatic rings. The average molecular weight is 246 g/mol. The van der Waals surface area contributed by atoms with Crippen LogP contribution in [0.4, 0.5) is 0 Å². The van der Waals surface area contributed by atoms with Gasteiger partial charge in [-0.15, -0.1) is 0 Å². The lowest BCUT2D eigenvalue weighted by Crippen LogP contribution is -2.42. The van der Waals surface area contributed by atoms with Gasteiger partial charge in [-0.25, -0.2) is 0 Å². The van der Waals surface area contributed by atoms with E-state index in [0.717, 1.165) is 49.3 Å². The second-order valence-electron chi connectivity index (χ2n) is 5.30. The van der Waals surface area contributed by atoms with Crippen molar-refractivity contribution in [1.82, 2.24) is 5.32 Å². The minimum atomic E-state index is -0.157. The van der Waals surface area contributed by atoms with Gasteiger partial charge in [0.1, 0.15) is 5.84 Å². The normalized spacial score (nSPS) is 26.4. The zero-order valence-corrected chi connectivity index (χ0v) is 10.5. The molecule has 18 heavy (non-hydrogen) atoms. The van der Waals surface area contributed by atoms with Gasteiger partial charge in [-0.1, -0.05) is 6.07 Å². The van der Waals surface area contributed by atoms with E-state index in [1.807, 2.05) is 6.07 Å². The molecule has 3 N–H and O–H groups in total. The van der Waals surface area contributed by atoms with Crippen LogP contribution in [0.1, 0.15) is 30.9 Å². The molecule has 4 nitrogen and oxygen atoms in total. The molecule has 0 spiro atoms. The topological polar surface area (TPSA) is 64.9 Å². The van der Waals surface area contributed by atoms with Crippen molar-refractivity contribution in [3.8, 4) is 11.5 Å². The van der Waals surface area contributed by atoms with E-state index in [4.69, 9.17) is 0 Å². The molecule has 1 atom stereocenters. The van der Waals surface area contributed by atoms with Crippen LogP contribution in [0.25, 0.3) is 0 Å². The van der Waals surface area contributed by atoms with Gasteiger partial charge in [-0.2, -0.15) is 0 Å². The third-order valence-electron chi connectivity index (χ3n) is 4.16. The van der Waals surface area contributed by atoms with Crippen molar-refractivity contribution >= 4 is 5.84 Å². The Morgan fingerprint density at radius 2 is 2.17 bits per heavy atom. The van der Waals surface area contributed by atoms with Crippen LogP contribution < -0.4 is 5.32 Å². The van der Waals surface area contributed by atoms with Crippen LogP contribution in [0.3, 0.4) is 0 Å². The average Bonchev–Trinajstić information content (AvgIpc) is 2.89. The zero-order chi connectivity index (χ0) is 12.8. The van der Waals surface area contributed by atoms with Crippen LogP contribution in [-0.4, -0.2) is 29.1 Å². The number of nitrogens with zero attached hydrogens (tertiary/aromatic N) is 1. The number of hydrogen-bond donors (Lipinski definition) is 3. The Hall–Kier alpha value is -1.71. The maximum absolute atomic E-state index is 10.0. The maximum atomic E-state index is 10.0. The lowest BCUT2D eigenvalue weighted by Gasteiger charge is -2.36. The Morgan fingerprint density at radius 3 is 2.89 bits per heavy atom. The highest BCUT2D eigenvalue weighted by atomic mass is 16.3. The predicted molar refractivity (Wildman–Crippen MR) is 70.4 cm³/mol. The standard InChI is InChI=1S/C14H18N2O2/c1-14(13-15-7-8-16-13)6-2-3-9-10(14)4-5-11(17)12(9)18/h4-5,17-18H,2-3,6-8H2,1H3,(H,15,16)/t14-/m0/s1. The fourth-order valence-corrected chi connectivity index (χ4v) is 3.16. The first kappa shape index (κ1) is 11.4. The molecule has 1 aromatic rings. The van der Waals surface area contributed by atoms with E-state index in [2.05, 4.69) is 17.2 Å². The fraction of sp³-hybridized carbons (Fsp3) is 0.500. The SMILES string of the molecule is C[C@]1(C2=NCCN2)CCCc2c1ccc(O)c2O. The van der Waals surface area contributed by atoms with Crippen molar-refractivity contribution in [3.05, 3.63) is 23.3 Å². The second kappa shape index (κ2) is 3.90. The number of fused-ring (bicyclic) bond motifs is 1. The van der Waals surface area contributed by atoms with Crippen LogP contribution >= 0.6 is 0 Å². The number of hydrogen-bond acceptors (Lipinski definition) is 4. The molecule has 1 aromatic carbocycles. The van der Waals surface area contributed by atoms with E-state index in [1.54, 1.807) is 6.07 Å². The van der Waals surface area contributed by atoms with Crippen LogP contribution in [-0.2, 0) is 11.8 Å². The van der Waals surface area contributed by atoms with Gasteiger partial charge in [0.15, 0.2) is 11.5 Å². The molecular weight excluding hydrogens is 228 g/mol. The Kier molecular flexibility index (Phi) is 2.47. The summed E-state index contributed by atoms with van der Waals surface area (Å²) in [6, 6.07) is 3.50. The number of amidine groups is 1. The number of phenols is 2. The van der Waals surface area contributed by atoms with E-state index in [-0.39, 0.29) is 16.9 Å². The Morgan fingerprint density at radius 1 is 1.33 bits per heavy atom. The molecule has 1 heterocycles. The summed E-state index contributed by atoms with van der Waals surface area (Å²) in [5, 5.41) is 23.0. The number of nitrogens with one attached hydrogen (secondary N) is 1. The third kappa shape index (κ3) is 1.48. The summed E-state index contributed by atoms with van der Waals surface area (Å²) in [5.74, 6) is 1.03. The van der Waals surface area contributed by atoms with E-state index in [9.17, 15) is 10.2 Å². The summed E-state index contributed by atoms with van der Waals surface area (Å²) in [6.07, 6.45) is 2.84. The minimum absolute atomic E-state index is 0.0284. The van der Waals surface area contributed by atoms with Gasteiger partial charge in [-0.3, -0.25) is 4.99 Å². The predicted octanol–water partition coefficient (Wildman–Crippen LogP) is 1.69. The largest absolute Gasteiger partial charge is 0.504 e. The van der Waals surface area contributed by atoms with Crippen molar-refractivity contribution in [2.24, 2.45) is 4.99 Å². The highest BCUT2D eigenvalue weighted by Crippen LogP contribution is 2.44. The third-order valence-corrected chi connectivity index (χ3v) is 4.16. The van der Waals surface area contributed by atoms with Crippen LogP contribution in [0.2, 0.25) is 0 Å². The van der Waals surface area contributed by atoms with Crippen molar-refractivity contribution in [1.29, 1.82) is 0 Å². The van der Waals surface area contributed by atoms with Gasteiger partial charge in [0, 0.05) is 12.1 Å². The molecular formula is C14H18N2O2. The summed E-state index contributed by atoms with van der Waals surface area (Å²) >= 11 is 0. The highest BCUT2D eigenvalue weighted by Gasteiger charge is 2.39. The molecule has 0 unspecified atom stereocenters. The molecule has 3 rings (SSSR count). The van der Waals surface area contributed by atoms with E-state index >= 15 is 0 Å². The summed E-state index contributed by atoms with van der Waals surface area (Å²) in [5.41, 5.74) is 1.81. The van der Waals surface area contributed by atoms with Gasteiger partial charge < -0.3 is 15.5 Å². The first-order valence-corrected chi connectivity index (χ1v) is 6.46. The molecule has 0 bridgehead atoms. The van der Waals surface area contributed by atoms with Crippen molar-refractivity contribution in [2.75, 3.05) is 13.1 Å². The van der Waals surface area contributed by atoms with Gasteiger partial charge in [-0.05, 0) is 37.8 Å². The molecule has 0 saturated heterocycles. The maximum Gasteiger partial charge on any atom is 0.160 e. The van der Waals surface area contributed by atoms with Crippen LogP contribution in [0.15, 0.2) is 17.1 Å². The number of phenolic OH excluding ortho intramolecular Hbond substituents is 2. The van der Waals surface area contributed by atoms with Gasteiger partial charge >= 0.3 is 0 Å². The lowest BCUT2D eigenvalue weighted by molar-refractivity contribution is 0.389. The van der Waals surface area contributed by atoms with E-state index in [1.165, 1.54) is 0 Å². The summed E-state index contributed by atoms with van der Waals surface area (Å²) in [6.45, 7) is 3.88. The lowest BCUT2D eigenvalue weighted by atomic mass is 9.70. The van der Waals surface area contributed by atoms with Gasteiger partial charge in [0.05, 0.1) is 12.0 Å². The smallest absolute Gasteiger partial charge is 0.160 e. The monoisotopic (exact) mass is 246 g/mol. The second-order valence-corrected chi connectivity index (χ2v) is 5.30. The number of benzene rings is 1. The summed E-state index contributed by atoms with van der Waals surface area (Å²) in [4.78, 5) is 4.54. The van der Waals surface area contributed by atoms with Gasteiger partial charge in [0.2, 0.25) is 0 Å². The molecule has 96 valence electrons. The molecule has 0 saturated carbocycles. The summed E-state index contributed by atoms with van der Waals surface area (Å²) in [7, 11) is 0. The Bertz CT molecular complexity index is 525. The number of rotatable bonds is 1. The zero-order valence-electron chi connectivity index (χ0n) is 10.5. The van der Waals surface area contributed by atoms with E-state index in [0.29, 0.717) is 0 Å². The molecule has 0 aromatic heterocycles. The molecule has 0 fully saturated rings. The first-order chi connectivity index (χ1) is 8.63. The van der Waals surface area contributed by atoms with Gasteiger partial charge in [0.25, 0.3) is 0 Å². The molecule has 1 aliphatic carbocycles. The fourth-order valence-electron chi connectivity index (χ4n) is 3.16. The van der Waals surface area contributed by atoms with Crippen molar-refractivity contribution < 1.29 is 10.2 Å². The van der Waals surface area contributed by atoms with E-state index < -0.39 is 0 Å². The molecule has 1 aliphatic heterocycles. The molecule has 4 heteroatoms. The molecule has 0 amide bonds. The number of aromatic hydroxyl groups is 2. The van der Waals surface area contributed by atoms with Crippen molar-refractivity contribution in [2.45, 2.75) is 31.6 Å². The minimum Gasteiger partial charge on any atom is -0.504 e. The van der Waals surface area contributed by atoms with Crippen LogP contribution in [0.5, 0.6) is 11.5 Å². The van der Waals surface area contributed by atoms with Crippen molar-refractivity contribution in [3.63, 3.8) is 0 Å². The first-order valence-electron chi connectivity index (χ1n) is 6.46. The molecule has 0 radical (unpaired) electrons. The van der Waals surface area contributed by atoms with Crippen LogP contribution in [0, 0.1) is 0 Å². The Labute approximate surface area is 106 Å². The number of aliphatic imine (C=N–C) groups is 1. The summed E-state index contributed by atoms with van der Waals surface area (Å²) < 4.78 is 0. The highest BCUT2D eigenvalue weighted by molar-refractivity contribution is 5.94. The quantitative estimate of drug-likeness (QED) is 0.661. The Balaban J connectivity index is 2.15.